The molecule has 8 heteroatoms. The molecule has 1 aliphatic carbocycles. The lowest BCUT2D eigenvalue weighted by molar-refractivity contribution is -0.115. The fourth-order valence-electron chi connectivity index (χ4n) is 3.24. The second kappa shape index (κ2) is 8.05. The Bertz CT molecular complexity index is 1000. The monoisotopic (exact) mass is 421 g/mol. The van der Waals surface area contributed by atoms with Crippen LogP contribution in [-0.4, -0.2) is 32.7 Å². The number of fused-ring (bicyclic) bond motifs is 1. The summed E-state index contributed by atoms with van der Waals surface area (Å²) in [5.74, 6) is -0.692. The van der Waals surface area contributed by atoms with Gasteiger partial charge in [-0.05, 0) is 56.4 Å². The standard InChI is InChI=1S/C20H23NO5S2/c1-12(2)28(24,25)14-9-7-13(8-10-14)11-17(22)21-19-18(20(23)26-3)15-5-4-6-16(15)27-19/h7-10,12H,4-6,11H2,1-3H3,(H,21,22). The second-order valence-corrected chi connectivity index (χ2v) is 10.6. The van der Waals surface area contributed by atoms with Gasteiger partial charge >= 0.3 is 5.97 Å². The molecule has 3 rings (SSSR count). The van der Waals surface area contributed by atoms with Gasteiger partial charge < -0.3 is 10.1 Å². The number of amides is 1. The molecule has 0 radical (unpaired) electrons. The van der Waals surface area contributed by atoms with Crippen LogP contribution in [0.5, 0.6) is 0 Å². The number of ether oxygens (including phenoxy) is 1. The molecule has 0 aliphatic heterocycles. The van der Waals surface area contributed by atoms with Crippen molar-refractivity contribution in [2.24, 2.45) is 0 Å². The van der Waals surface area contributed by atoms with Crippen molar-refractivity contribution in [3.05, 3.63) is 45.8 Å². The number of sulfone groups is 1. The van der Waals surface area contributed by atoms with Crippen LogP contribution in [0.3, 0.4) is 0 Å². The number of anilines is 1. The van der Waals surface area contributed by atoms with Crippen molar-refractivity contribution in [1.29, 1.82) is 0 Å². The lowest BCUT2D eigenvalue weighted by atomic mass is 10.1. The molecule has 150 valence electrons. The molecule has 6 nitrogen and oxygen atoms in total. The quantitative estimate of drug-likeness (QED) is 0.722. The highest BCUT2D eigenvalue weighted by Gasteiger charge is 2.28. The van der Waals surface area contributed by atoms with Crippen molar-refractivity contribution in [2.45, 2.75) is 49.7 Å². The highest BCUT2D eigenvalue weighted by atomic mass is 32.2. The third-order valence-corrected chi connectivity index (χ3v) is 8.18. The van der Waals surface area contributed by atoms with E-state index in [4.69, 9.17) is 4.74 Å². The average molecular weight is 422 g/mol. The minimum Gasteiger partial charge on any atom is -0.465 e. The Hall–Kier alpha value is -2.19. The number of esters is 1. The van der Waals surface area contributed by atoms with E-state index in [-0.39, 0.29) is 17.2 Å². The topological polar surface area (TPSA) is 89.5 Å². The normalized spacial score (nSPS) is 13.4. The van der Waals surface area contributed by atoms with Gasteiger partial charge in [0, 0.05) is 4.88 Å². The number of thiophene rings is 1. The molecule has 1 aliphatic rings. The van der Waals surface area contributed by atoms with Crippen molar-refractivity contribution in [3.63, 3.8) is 0 Å². The van der Waals surface area contributed by atoms with Crippen molar-refractivity contribution in [2.75, 3.05) is 12.4 Å². The summed E-state index contributed by atoms with van der Waals surface area (Å²) in [6, 6.07) is 6.34. The number of nitrogens with one attached hydrogen (secondary N) is 1. The van der Waals surface area contributed by atoms with Gasteiger partial charge in [-0.25, -0.2) is 13.2 Å². The third kappa shape index (κ3) is 3.98. The minimum absolute atomic E-state index is 0.0885. The molecule has 1 aromatic heterocycles. The minimum atomic E-state index is -3.34. The van der Waals surface area contributed by atoms with Gasteiger partial charge in [-0.1, -0.05) is 12.1 Å². The molecule has 0 spiro atoms. The Labute approximate surface area is 168 Å². The summed E-state index contributed by atoms with van der Waals surface area (Å²) < 4.78 is 29.3. The molecule has 0 unspecified atom stereocenters. The molecular weight excluding hydrogens is 398 g/mol. The summed E-state index contributed by atoms with van der Waals surface area (Å²) in [4.78, 5) is 26.0. The summed E-state index contributed by atoms with van der Waals surface area (Å²) in [7, 11) is -2.00. The predicted octanol–water partition coefficient (Wildman–Crippen LogP) is 3.39. The molecule has 1 N–H and O–H groups in total. The maximum absolute atomic E-state index is 12.5. The van der Waals surface area contributed by atoms with E-state index in [1.54, 1.807) is 26.0 Å². The molecule has 0 saturated carbocycles. The zero-order valence-corrected chi connectivity index (χ0v) is 17.7. The first-order valence-electron chi connectivity index (χ1n) is 9.09. The number of benzene rings is 1. The van der Waals surface area contributed by atoms with Gasteiger partial charge in [0.1, 0.15) is 5.00 Å². The van der Waals surface area contributed by atoms with E-state index in [9.17, 15) is 18.0 Å². The number of hydrogen-bond donors (Lipinski definition) is 1. The van der Waals surface area contributed by atoms with Crippen molar-refractivity contribution >= 4 is 38.1 Å². The van der Waals surface area contributed by atoms with Gasteiger partial charge in [0.2, 0.25) is 5.91 Å². The zero-order chi connectivity index (χ0) is 20.5. The van der Waals surface area contributed by atoms with Crippen LogP contribution < -0.4 is 5.32 Å². The van der Waals surface area contributed by atoms with Gasteiger partial charge in [0.25, 0.3) is 0 Å². The van der Waals surface area contributed by atoms with Crippen LogP contribution in [0.1, 0.15) is 46.6 Å². The number of aryl methyl sites for hydroxylation is 1. The Balaban J connectivity index is 1.74. The number of methoxy groups -OCH3 is 1. The second-order valence-electron chi connectivity index (χ2n) is 7.02. The first kappa shape index (κ1) is 20.5. The average Bonchev–Trinajstić information content (AvgIpc) is 3.22. The predicted molar refractivity (Wildman–Crippen MR) is 109 cm³/mol. The Morgan fingerprint density at radius 2 is 1.86 bits per heavy atom. The van der Waals surface area contributed by atoms with E-state index in [1.165, 1.54) is 30.6 Å². The SMILES string of the molecule is COC(=O)c1c(NC(=O)Cc2ccc(S(=O)(=O)C(C)C)cc2)sc2c1CCC2. The molecular formula is C20H23NO5S2. The van der Waals surface area contributed by atoms with Crippen molar-refractivity contribution in [3.8, 4) is 0 Å². The highest BCUT2D eigenvalue weighted by Crippen LogP contribution is 2.39. The Kier molecular flexibility index (Phi) is 5.90. The van der Waals surface area contributed by atoms with E-state index >= 15 is 0 Å². The van der Waals surface area contributed by atoms with Crippen LogP contribution in [-0.2, 0) is 38.6 Å². The van der Waals surface area contributed by atoms with E-state index in [0.29, 0.717) is 16.1 Å². The summed E-state index contributed by atoms with van der Waals surface area (Å²) in [6.07, 6.45) is 2.82. The third-order valence-electron chi connectivity index (χ3n) is 4.80. The molecule has 1 aromatic carbocycles. The summed E-state index contributed by atoms with van der Waals surface area (Å²) in [5.41, 5.74) is 2.14. The number of rotatable bonds is 6. The number of carbonyl (C=O) groups is 2. The van der Waals surface area contributed by atoms with Gasteiger partial charge in [-0.15, -0.1) is 11.3 Å². The molecule has 0 bridgehead atoms. The maximum Gasteiger partial charge on any atom is 0.341 e. The lowest BCUT2D eigenvalue weighted by Gasteiger charge is -2.09. The van der Waals surface area contributed by atoms with E-state index < -0.39 is 21.1 Å². The molecule has 0 atom stereocenters. The van der Waals surface area contributed by atoms with Crippen molar-refractivity contribution in [1.82, 2.24) is 0 Å². The van der Waals surface area contributed by atoms with Crippen LogP contribution in [0, 0.1) is 0 Å². The van der Waals surface area contributed by atoms with Crippen LogP contribution >= 0.6 is 11.3 Å². The van der Waals surface area contributed by atoms with Gasteiger partial charge in [0.15, 0.2) is 9.84 Å². The zero-order valence-electron chi connectivity index (χ0n) is 16.1. The molecule has 2 aromatic rings. The molecule has 0 saturated heterocycles. The Morgan fingerprint density at radius 3 is 2.46 bits per heavy atom. The summed E-state index contributed by atoms with van der Waals surface area (Å²) in [5, 5.41) is 2.85. The number of carbonyl (C=O) groups excluding carboxylic acids is 2. The Morgan fingerprint density at radius 1 is 1.18 bits per heavy atom. The summed E-state index contributed by atoms with van der Waals surface area (Å²) >= 11 is 1.43. The fourth-order valence-corrected chi connectivity index (χ4v) is 5.59. The van der Waals surface area contributed by atoms with Crippen LogP contribution in [0.2, 0.25) is 0 Å². The van der Waals surface area contributed by atoms with Crippen LogP contribution in [0.4, 0.5) is 5.00 Å². The maximum atomic E-state index is 12.5. The van der Waals surface area contributed by atoms with Crippen molar-refractivity contribution < 1.29 is 22.7 Å². The van der Waals surface area contributed by atoms with E-state index in [0.717, 1.165) is 29.7 Å². The lowest BCUT2D eigenvalue weighted by Crippen LogP contribution is -2.17. The summed E-state index contributed by atoms with van der Waals surface area (Å²) in [6.45, 7) is 3.27. The van der Waals surface area contributed by atoms with Gasteiger partial charge in [-0.3, -0.25) is 4.79 Å². The van der Waals surface area contributed by atoms with E-state index in [1.807, 2.05) is 0 Å². The molecule has 28 heavy (non-hydrogen) atoms. The largest absolute Gasteiger partial charge is 0.465 e. The smallest absolute Gasteiger partial charge is 0.341 e. The highest BCUT2D eigenvalue weighted by molar-refractivity contribution is 7.92. The molecule has 1 heterocycles. The van der Waals surface area contributed by atoms with Crippen LogP contribution in [0.15, 0.2) is 29.2 Å². The fraction of sp³-hybridized carbons (Fsp3) is 0.400. The van der Waals surface area contributed by atoms with Gasteiger partial charge in [-0.2, -0.15) is 0 Å². The molecule has 1 amide bonds. The van der Waals surface area contributed by atoms with Crippen LogP contribution in [0.25, 0.3) is 0 Å². The number of hydrogen-bond acceptors (Lipinski definition) is 6. The molecule has 0 fully saturated rings. The van der Waals surface area contributed by atoms with E-state index in [2.05, 4.69) is 5.32 Å². The van der Waals surface area contributed by atoms with Gasteiger partial charge in [0.05, 0.1) is 29.2 Å². The first-order chi connectivity index (χ1) is 13.2. The first-order valence-corrected chi connectivity index (χ1v) is 11.5.